The van der Waals surface area contributed by atoms with E-state index in [1.54, 1.807) is 31.2 Å². The summed E-state index contributed by atoms with van der Waals surface area (Å²) in [6.45, 7) is 6.10. The van der Waals surface area contributed by atoms with E-state index in [1.165, 1.54) is 0 Å². The van der Waals surface area contributed by atoms with E-state index in [-0.39, 0.29) is 6.10 Å². The van der Waals surface area contributed by atoms with Crippen LogP contribution in [0.2, 0.25) is 0 Å². The van der Waals surface area contributed by atoms with E-state index in [1.807, 2.05) is 13.8 Å². The molecule has 0 heterocycles. The van der Waals surface area contributed by atoms with Gasteiger partial charge < -0.3 is 10.1 Å². The highest BCUT2D eigenvalue weighted by Crippen LogP contribution is 2.20. The van der Waals surface area contributed by atoms with Crippen molar-refractivity contribution < 1.29 is 13.2 Å². The summed E-state index contributed by atoms with van der Waals surface area (Å²) in [6.07, 6.45) is 2.40. The summed E-state index contributed by atoms with van der Waals surface area (Å²) in [5.74, 6) is 0.733. The minimum Gasteiger partial charge on any atom is -0.491 e. The zero-order valence-corrected chi connectivity index (χ0v) is 13.6. The van der Waals surface area contributed by atoms with Gasteiger partial charge >= 0.3 is 0 Å². The molecule has 1 aliphatic carbocycles. The van der Waals surface area contributed by atoms with Crippen molar-refractivity contribution in [1.82, 2.24) is 5.32 Å². The molecule has 5 nitrogen and oxygen atoms in total. The Balaban J connectivity index is 1.91. The highest BCUT2D eigenvalue weighted by Gasteiger charge is 2.25. The molecule has 1 fully saturated rings. The number of rotatable bonds is 8. The highest BCUT2D eigenvalue weighted by atomic mass is 32.2. The molecular weight excluding hydrogens is 288 g/mol. The first-order valence-corrected chi connectivity index (χ1v) is 8.93. The lowest BCUT2D eigenvalue weighted by Crippen LogP contribution is -2.35. The summed E-state index contributed by atoms with van der Waals surface area (Å²) in [7, 11) is -3.37. The Morgan fingerprint density at radius 3 is 2.33 bits per heavy atom. The molecule has 0 aliphatic heterocycles. The molecule has 118 valence electrons. The van der Waals surface area contributed by atoms with Crippen molar-refractivity contribution in [3.05, 3.63) is 24.3 Å². The fraction of sp³-hybridized carbons (Fsp3) is 0.600. The molecule has 0 aromatic heterocycles. The van der Waals surface area contributed by atoms with Gasteiger partial charge in [0.25, 0.3) is 0 Å². The number of sulfonamides is 1. The van der Waals surface area contributed by atoms with Crippen LogP contribution >= 0.6 is 0 Å². The van der Waals surface area contributed by atoms with Gasteiger partial charge in [0.1, 0.15) is 5.75 Å². The van der Waals surface area contributed by atoms with E-state index in [0.29, 0.717) is 18.3 Å². The van der Waals surface area contributed by atoms with Gasteiger partial charge in [-0.1, -0.05) is 0 Å². The van der Waals surface area contributed by atoms with E-state index >= 15 is 0 Å². The van der Waals surface area contributed by atoms with Crippen LogP contribution in [0.1, 0.15) is 33.6 Å². The molecule has 0 amide bonds. The van der Waals surface area contributed by atoms with Crippen molar-refractivity contribution in [1.29, 1.82) is 0 Å². The predicted octanol–water partition coefficient (Wildman–Crippen LogP) is 2.36. The fourth-order valence-corrected chi connectivity index (χ4v) is 2.85. The molecule has 1 aromatic carbocycles. The summed E-state index contributed by atoms with van der Waals surface area (Å²) in [5, 5.41) is 2.77. The molecule has 1 saturated carbocycles. The van der Waals surface area contributed by atoms with Crippen molar-refractivity contribution in [2.45, 2.75) is 51.0 Å². The molecule has 1 aromatic rings. The monoisotopic (exact) mass is 312 g/mol. The molecule has 1 atom stereocenters. The van der Waals surface area contributed by atoms with E-state index in [4.69, 9.17) is 4.74 Å². The lowest BCUT2D eigenvalue weighted by atomic mass is 10.3. The van der Waals surface area contributed by atoms with Crippen molar-refractivity contribution in [2.24, 2.45) is 0 Å². The number of nitrogens with one attached hydrogen (secondary N) is 2. The zero-order valence-electron chi connectivity index (χ0n) is 12.8. The zero-order chi connectivity index (χ0) is 15.5. The van der Waals surface area contributed by atoms with E-state index in [9.17, 15) is 8.42 Å². The van der Waals surface area contributed by atoms with Gasteiger partial charge in [-0.05, 0) is 57.9 Å². The number of benzene rings is 1. The first kappa shape index (κ1) is 16.1. The van der Waals surface area contributed by atoms with Crippen molar-refractivity contribution in [2.75, 3.05) is 11.3 Å². The predicted molar refractivity (Wildman–Crippen MR) is 85.2 cm³/mol. The Bertz CT molecular complexity index is 551. The van der Waals surface area contributed by atoms with Gasteiger partial charge in [0.2, 0.25) is 10.0 Å². The van der Waals surface area contributed by atoms with Crippen LogP contribution in [-0.4, -0.2) is 32.4 Å². The minimum absolute atomic E-state index is 0.0982. The van der Waals surface area contributed by atoms with E-state index in [2.05, 4.69) is 10.0 Å². The largest absolute Gasteiger partial charge is 0.491 e. The number of anilines is 1. The van der Waals surface area contributed by atoms with Crippen LogP contribution in [0.5, 0.6) is 5.75 Å². The normalized spacial score (nSPS) is 16.8. The highest BCUT2D eigenvalue weighted by molar-refractivity contribution is 7.93. The number of ether oxygens (including phenoxy) is 1. The third-order valence-corrected chi connectivity index (χ3v) is 5.03. The SMILES string of the molecule is CC(C)Oc1ccc(NS(=O)(=O)C(C)CNC2CC2)cc1. The Morgan fingerprint density at radius 1 is 1.19 bits per heavy atom. The Hall–Kier alpha value is -1.27. The summed E-state index contributed by atoms with van der Waals surface area (Å²) in [5.41, 5.74) is 0.560. The lowest BCUT2D eigenvalue weighted by molar-refractivity contribution is 0.242. The van der Waals surface area contributed by atoms with Crippen LogP contribution in [-0.2, 0) is 10.0 Å². The molecule has 6 heteroatoms. The summed E-state index contributed by atoms with van der Waals surface area (Å²) in [4.78, 5) is 0. The molecule has 0 bridgehead atoms. The third-order valence-electron chi connectivity index (χ3n) is 3.29. The van der Waals surface area contributed by atoms with E-state index < -0.39 is 15.3 Å². The number of hydrogen-bond acceptors (Lipinski definition) is 4. The Labute approximate surface area is 127 Å². The van der Waals surface area contributed by atoms with Gasteiger partial charge in [0, 0.05) is 18.3 Å². The standard InChI is InChI=1S/C15H24N2O3S/c1-11(2)20-15-8-6-14(7-9-15)17-21(18,19)12(3)10-16-13-4-5-13/h6-9,11-13,16-17H,4-5,10H2,1-3H3. The second kappa shape index (κ2) is 6.66. The average molecular weight is 312 g/mol. The van der Waals surface area contributed by atoms with Crippen LogP contribution in [0, 0.1) is 0 Å². The molecule has 0 spiro atoms. The maximum absolute atomic E-state index is 12.2. The van der Waals surface area contributed by atoms with Crippen LogP contribution in [0.25, 0.3) is 0 Å². The molecule has 0 radical (unpaired) electrons. The molecule has 1 aliphatic rings. The first-order valence-electron chi connectivity index (χ1n) is 7.38. The van der Waals surface area contributed by atoms with Gasteiger partial charge in [-0.2, -0.15) is 0 Å². The van der Waals surface area contributed by atoms with Gasteiger partial charge in [-0.3, -0.25) is 4.72 Å². The Kier molecular flexibility index (Phi) is 5.11. The van der Waals surface area contributed by atoms with Crippen LogP contribution < -0.4 is 14.8 Å². The first-order chi connectivity index (χ1) is 9.87. The smallest absolute Gasteiger partial charge is 0.236 e. The molecular formula is C15H24N2O3S. The summed E-state index contributed by atoms with van der Waals surface area (Å²) < 4.78 is 32.6. The van der Waals surface area contributed by atoms with Gasteiger partial charge in [0.15, 0.2) is 0 Å². The maximum Gasteiger partial charge on any atom is 0.236 e. The van der Waals surface area contributed by atoms with Crippen molar-refractivity contribution >= 4 is 15.7 Å². The molecule has 2 N–H and O–H groups in total. The summed E-state index contributed by atoms with van der Waals surface area (Å²) >= 11 is 0. The van der Waals surface area contributed by atoms with Gasteiger partial charge in [-0.25, -0.2) is 8.42 Å². The molecule has 2 rings (SSSR count). The molecule has 0 saturated heterocycles. The van der Waals surface area contributed by atoms with Crippen LogP contribution in [0.4, 0.5) is 5.69 Å². The Morgan fingerprint density at radius 2 is 1.81 bits per heavy atom. The van der Waals surface area contributed by atoms with Gasteiger partial charge in [0.05, 0.1) is 11.4 Å². The topological polar surface area (TPSA) is 67.4 Å². The second-order valence-electron chi connectivity index (χ2n) is 5.83. The van der Waals surface area contributed by atoms with Gasteiger partial charge in [-0.15, -0.1) is 0 Å². The number of hydrogen-bond donors (Lipinski definition) is 2. The maximum atomic E-state index is 12.2. The lowest BCUT2D eigenvalue weighted by Gasteiger charge is -2.16. The fourth-order valence-electron chi connectivity index (χ4n) is 1.87. The molecule has 21 heavy (non-hydrogen) atoms. The second-order valence-corrected chi connectivity index (χ2v) is 7.93. The average Bonchev–Trinajstić information content (AvgIpc) is 3.21. The van der Waals surface area contributed by atoms with Crippen LogP contribution in [0.3, 0.4) is 0 Å². The molecule has 1 unspecified atom stereocenters. The minimum atomic E-state index is -3.37. The van der Waals surface area contributed by atoms with Crippen LogP contribution in [0.15, 0.2) is 24.3 Å². The third kappa shape index (κ3) is 5.21. The quantitative estimate of drug-likeness (QED) is 0.773. The van der Waals surface area contributed by atoms with Crippen molar-refractivity contribution in [3.63, 3.8) is 0 Å². The van der Waals surface area contributed by atoms with Crippen molar-refractivity contribution in [3.8, 4) is 5.75 Å². The summed E-state index contributed by atoms with van der Waals surface area (Å²) in [6, 6.07) is 7.48. The van der Waals surface area contributed by atoms with E-state index in [0.717, 1.165) is 18.6 Å².